The van der Waals surface area contributed by atoms with Crippen LogP contribution in [-0.4, -0.2) is 37.6 Å². The molecular weight excluding hydrogens is 136 g/mol. The Bertz CT molecular complexity index is 92.2. The molecule has 0 fully saturated rings. The molecule has 0 bridgehead atoms. The SMILES string of the molecule is CN(C)CCCNC(C)(C)C. The summed E-state index contributed by atoms with van der Waals surface area (Å²) in [4.78, 5) is 2.21. The van der Waals surface area contributed by atoms with Gasteiger partial charge < -0.3 is 10.2 Å². The Hall–Kier alpha value is -0.0800. The highest BCUT2D eigenvalue weighted by Gasteiger charge is 2.06. The summed E-state index contributed by atoms with van der Waals surface area (Å²) in [5, 5.41) is 3.45. The Balaban J connectivity index is 3.15. The van der Waals surface area contributed by atoms with Crippen LogP contribution in [0.25, 0.3) is 0 Å². The minimum Gasteiger partial charge on any atom is -0.312 e. The van der Waals surface area contributed by atoms with E-state index in [9.17, 15) is 0 Å². The van der Waals surface area contributed by atoms with Crippen molar-refractivity contribution in [3.63, 3.8) is 0 Å². The summed E-state index contributed by atoms with van der Waals surface area (Å²) in [6, 6.07) is 0. The highest BCUT2D eigenvalue weighted by molar-refractivity contribution is 4.69. The zero-order chi connectivity index (χ0) is 8.91. The summed E-state index contributed by atoms with van der Waals surface area (Å²) in [5.41, 5.74) is 0.270. The Kier molecular flexibility index (Phi) is 4.69. The molecule has 68 valence electrons. The Morgan fingerprint density at radius 2 is 1.73 bits per heavy atom. The molecule has 2 heteroatoms. The van der Waals surface area contributed by atoms with Crippen molar-refractivity contribution in [3.8, 4) is 0 Å². The first-order valence-electron chi connectivity index (χ1n) is 4.31. The van der Waals surface area contributed by atoms with Gasteiger partial charge in [-0.25, -0.2) is 0 Å². The largest absolute Gasteiger partial charge is 0.312 e. The van der Waals surface area contributed by atoms with Crippen molar-refractivity contribution < 1.29 is 0 Å². The van der Waals surface area contributed by atoms with Gasteiger partial charge in [-0.15, -0.1) is 0 Å². The second-order valence-electron chi connectivity index (χ2n) is 4.33. The second-order valence-corrected chi connectivity index (χ2v) is 4.33. The molecule has 0 saturated carbocycles. The molecule has 0 aromatic carbocycles. The molecule has 0 aromatic rings. The van der Waals surface area contributed by atoms with Crippen molar-refractivity contribution in [2.45, 2.75) is 32.7 Å². The van der Waals surface area contributed by atoms with Crippen molar-refractivity contribution in [3.05, 3.63) is 0 Å². The fraction of sp³-hybridized carbons (Fsp3) is 1.00. The van der Waals surface area contributed by atoms with Crippen LogP contribution in [0.3, 0.4) is 0 Å². The minimum atomic E-state index is 0.270. The molecule has 0 amide bonds. The highest BCUT2D eigenvalue weighted by Crippen LogP contribution is 1.97. The third-order valence-corrected chi connectivity index (χ3v) is 1.44. The van der Waals surface area contributed by atoms with Gasteiger partial charge in [0.1, 0.15) is 0 Å². The number of nitrogens with one attached hydrogen (secondary N) is 1. The van der Waals surface area contributed by atoms with E-state index >= 15 is 0 Å². The lowest BCUT2D eigenvalue weighted by atomic mass is 10.1. The molecule has 0 heterocycles. The van der Waals surface area contributed by atoms with Crippen LogP contribution in [-0.2, 0) is 0 Å². The molecule has 2 nitrogen and oxygen atoms in total. The first-order valence-corrected chi connectivity index (χ1v) is 4.31. The van der Waals surface area contributed by atoms with Gasteiger partial charge in [-0.05, 0) is 54.4 Å². The Morgan fingerprint density at radius 3 is 2.09 bits per heavy atom. The molecule has 0 saturated heterocycles. The number of hydrogen-bond acceptors (Lipinski definition) is 2. The van der Waals surface area contributed by atoms with E-state index in [1.54, 1.807) is 0 Å². The third-order valence-electron chi connectivity index (χ3n) is 1.44. The van der Waals surface area contributed by atoms with Gasteiger partial charge in [-0.3, -0.25) is 0 Å². The van der Waals surface area contributed by atoms with Crippen LogP contribution < -0.4 is 5.32 Å². The summed E-state index contributed by atoms with van der Waals surface area (Å²) in [5.74, 6) is 0. The minimum absolute atomic E-state index is 0.270. The zero-order valence-electron chi connectivity index (χ0n) is 8.57. The maximum absolute atomic E-state index is 3.45. The molecule has 0 aliphatic rings. The Morgan fingerprint density at radius 1 is 1.18 bits per heavy atom. The Labute approximate surface area is 71.0 Å². The third kappa shape index (κ3) is 9.92. The first kappa shape index (κ1) is 10.9. The average molecular weight is 158 g/mol. The predicted octanol–water partition coefficient (Wildman–Crippen LogP) is 1.33. The van der Waals surface area contributed by atoms with Gasteiger partial charge in [0, 0.05) is 5.54 Å². The van der Waals surface area contributed by atoms with Crippen molar-refractivity contribution in [2.75, 3.05) is 27.2 Å². The van der Waals surface area contributed by atoms with E-state index in [4.69, 9.17) is 0 Å². The summed E-state index contributed by atoms with van der Waals surface area (Å²) in [6.07, 6.45) is 1.23. The predicted molar refractivity (Wildman–Crippen MR) is 50.9 cm³/mol. The lowest BCUT2D eigenvalue weighted by molar-refractivity contribution is 0.366. The molecule has 1 N–H and O–H groups in total. The van der Waals surface area contributed by atoms with Gasteiger partial charge in [0.25, 0.3) is 0 Å². The van der Waals surface area contributed by atoms with Crippen LogP contribution in [0.4, 0.5) is 0 Å². The van der Waals surface area contributed by atoms with E-state index in [0.717, 1.165) is 6.54 Å². The van der Waals surface area contributed by atoms with Gasteiger partial charge in [-0.1, -0.05) is 0 Å². The maximum Gasteiger partial charge on any atom is 0.00965 e. The fourth-order valence-corrected chi connectivity index (χ4v) is 0.859. The van der Waals surface area contributed by atoms with E-state index in [-0.39, 0.29) is 5.54 Å². The lowest BCUT2D eigenvalue weighted by Crippen LogP contribution is -2.37. The standard InChI is InChI=1S/C9H22N2/c1-9(2,3)10-7-6-8-11(4)5/h10H,6-8H2,1-5H3. The summed E-state index contributed by atoms with van der Waals surface area (Å²) in [6.45, 7) is 8.87. The fourth-order valence-electron chi connectivity index (χ4n) is 0.859. The highest BCUT2D eigenvalue weighted by atomic mass is 15.1. The first-order chi connectivity index (χ1) is 4.92. The monoisotopic (exact) mass is 158 g/mol. The molecule has 0 radical (unpaired) electrons. The smallest absolute Gasteiger partial charge is 0.00965 e. The molecule has 0 unspecified atom stereocenters. The van der Waals surface area contributed by atoms with E-state index in [1.165, 1.54) is 13.0 Å². The number of nitrogens with zero attached hydrogens (tertiary/aromatic N) is 1. The van der Waals surface area contributed by atoms with Crippen LogP contribution in [0.15, 0.2) is 0 Å². The molecule has 0 atom stereocenters. The van der Waals surface area contributed by atoms with Gasteiger partial charge in [0.05, 0.1) is 0 Å². The van der Waals surface area contributed by atoms with E-state index in [2.05, 4.69) is 45.1 Å². The van der Waals surface area contributed by atoms with Crippen LogP contribution in [0.1, 0.15) is 27.2 Å². The van der Waals surface area contributed by atoms with Crippen molar-refractivity contribution in [1.82, 2.24) is 10.2 Å². The topological polar surface area (TPSA) is 15.3 Å². The normalized spacial score (nSPS) is 12.5. The van der Waals surface area contributed by atoms with Crippen LogP contribution in [0, 0.1) is 0 Å². The van der Waals surface area contributed by atoms with Crippen LogP contribution >= 0.6 is 0 Å². The maximum atomic E-state index is 3.45. The molecule has 0 rings (SSSR count). The molecular formula is C9H22N2. The van der Waals surface area contributed by atoms with Crippen molar-refractivity contribution in [2.24, 2.45) is 0 Å². The lowest BCUT2D eigenvalue weighted by Gasteiger charge is -2.21. The van der Waals surface area contributed by atoms with Gasteiger partial charge in [-0.2, -0.15) is 0 Å². The summed E-state index contributed by atoms with van der Waals surface area (Å²) in [7, 11) is 4.22. The number of hydrogen-bond donors (Lipinski definition) is 1. The van der Waals surface area contributed by atoms with Crippen LogP contribution in [0.5, 0.6) is 0 Å². The quantitative estimate of drug-likeness (QED) is 0.621. The van der Waals surface area contributed by atoms with E-state index < -0.39 is 0 Å². The molecule has 11 heavy (non-hydrogen) atoms. The summed E-state index contributed by atoms with van der Waals surface area (Å²) < 4.78 is 0. The second kappa shape index (κ2) is 4.73. The number of rotatable bonds is 4. The van der Waals surface area contributed by atoms with E-state index in [1.807, 2.05) is 0 Å². The molecule has 0 aliphatic heterocycles. The summed E-state index contributed by atoms with van der Waals surface area (Å²) >= 11 is 0. The molecule has 0 aromatic heterocycles. The van der Waals surface area contributed by atoms with E-state index in [0.29, 0.717) is 0 Å². The van der Waals surface area contributed by atoms with Gasteiger partial charge in [0.2, 0.25) is 0 Å². The molecule has 0 aliphatic carbocycles. The van der Waals surface area contributed by atoms with Crippen LogP contribution in [0.2, 0.25) is 0 Å². The van der Waals surface area contributed by atoms with Crippen molar-refractivity contribution in [1.29, 1.82) is 0 Å². The molecule has 0 spiro atoms. The van der Waals surface area contributed by atoms with Crippen molar-refractivity contribution >= 4 is 0 Å². The zero-order valence-corrected chi connectivity index (χ0v) is 8.57. The average Bonchev–Trinajstić information content (AvgIpc) is 1.78. The van der Waals surface area contributed by atoms with Gasteiger partial charge >= 0.3 is 0 Å². The van der Waals surface area contributed by atoms with Gasteiger partial charge in [0.15, 0.2) is 0 Å².